The van der Waals surface area contributed by atoms with E-state index in [4.69, 9.17) is 10.5 Å². The molecule has 1 fully saturated rings. The van der Waals surface area contributed by atoms with Crippen molar-refractivity contribution in [3.8, 4) is 0 Å². The third kappa shape index (κ3) is 4.42. The standard InChI is InChI=1S/C14H29NO/c1-3-10-16-11-9-14(15)13-8-6-5-7-12(13)4-2/h12-14H,3-11,15H2,1-2H3. The topological polar surface area (TPSA) is 35.2 Å². The van der Waals surface area contributed by atoms with E-state index >= 15 is 0 Å². The Morgan fingerprint density at radius 3 is 2.62 bits per heavy atom. The predicted molar refractivity (Wildman–Crippen MR) is 69.4 cm³/mol. The summed E-state index contributed by atoms with van der Waals surface area (Å²) in [5.41, 5.74) is 6.32. The van der Waals surface area contributed by atoms with Crippen LogP contribution in [0, 0.1) is 11.8 Å². The van der Waals surface area contributed by atoms with Gasteiger partial charge in [-0.05, 0) is 31.1 Å². The van der Waals surface area contributed by atoms with Crippen molar-refractivity contribution in [3.05, 3.63) is 0 Å². The van der Waals surface area contributed by atoms with Gasteiger partial charge in [0.2, 0.25) is 0 Å². The summed E-state index contributed by atoms with van der Waals surface area (Å²) < 4.78 is 5.53. The zero-order chi connectivity index (χ0) is 11.8. The van der Waals surface area contributed by atoms with Crippen molar-refractivity contribution in [2.45, 2.75) is 64.8 Å². The molecule has 3 unspecified atom stereocenters. The SMILES string of the molecule is CCCOCCC(N)C1CCCCC1CC. The first-order valence-corrected chi connectivity index (χ1v) is 7.12. The molecule has 1 aliphatic rings. The molecule has 1 aliphatic carbocycles. The summed E-state index contributed by atoms with van der Waals surface area (Å²) in [6.07, 6.45) is 8.97. The molecule has 0 aliphatic heterocycles. The van der Waals surface area contributed by atoms with Crippen molar-refractivity contribution in [3.63, 3.8) is 0 Å². The van der Waals surface area contributed by atoms with Crippen LogP contribution in [-0.2, 0) is 4.74 Å². The first kappa shape index (κ1) is 14.0. The highest BCUT2D eigenvalue weighted by Crippen LogP contribution is 2.34. The van der Waals surface area contributed by atoms with Gasteiger partial charge in [0.05, 0.1) is 0 Å². The molecule has 1 rings (SSSR count). The number of hydrogen-bond acceptors (Lipinski definition) is 2. The zero-order valence-corrected chi connectivity index (χ0v) is 11.1. The summed E-state index contributed by atoms with van der Waals surface area (Å²) in [7, 11) is 0. The largest absolute Gasteiger partial charge is 0.381 e. The number of hydrogen-bond donors (Lipinski definition) is 1. The molecule has 2 nitrogen and oxygen atoms in total. The molecule has 0 aromatic carbocycles. The van der Waals surface area contributed by atoms with Crippen molar-refractivity contribution >= 4 is 0 Å². The molecule has 2 N–H and O–H groups in total. The van der Waals surface area contributed by atoms with Crippen LogP contribution in [0.2, 0.25) is 0 Å². The summed E-state index contributed by atoms with van der Waals surface area (Å²) in [5.74, 6) is 1.62. The van der Waals surface area contributed by atoms with E-state index in [1.165, 1.54) is 32.1 Å². The quantitative estimate of drug-likeness (QED) is 0.677. The molecule has 0 radical (unpaired) electrons. The third-order valence-corrected chi connectivity index (χ3v) is 3.99. The lowest BCUT2D eigenvalue weighted by Gasteiger charge is -2.35. The van der Waals surface area contributed by atoms with Crippen LogP contribution in [0.15, 0.2) is 0 Å². The van der Waals surface area contributed by atoms with Crippen molar-refractivity contribution in [1.82, 2.24) is 0 Å². The van der Waals surface area contributed by atoms with Gasteiger partial charge in [-0.25, -0.2) is 0 Å². The van der Waals surface area contributed by atoms with E-state index in [1.54, 1.807) is 0 Å². The molecule has 0 aromatic heterocycles. The van der Waals surface area contributed by atoms with Gasteiger partial charge in [-0.3, -0.25) is 0 Å². The van der Waals surface area contributed by atoms with Crippen LogP contribution in [0.4, 0.5) is 0 Å². The van der Waals surface area contributed by atoms with E-state index in [-0.39, 0.29) is 0 Å². The van der Waals surface area contributed by atoms with Crippen LogP contribution in [0.25, 0.3) is 0 Å². The second kappa shape index (κ2) is 8.08. The Morgan fingerprint density at radius 2 is 1.94 bits per heavy atom. The van der Waals surface area contributed by atoms with Gasteiger partial charge in [0, 0.05) is 19.3 Å². The fourth-order valence-corrected chi connectivity index (χ4v) is 2.99. The summed E-state index contributed by atoms with van der Waals surface area (Å²) in [6.45, 7) is 6.19. The molecule has 0 aromatic rings. The molecule has 16 heavy (non-hydrogen) atoms. The molecule has 96 valence electrons. The minimum absolute atomic E-state index is 0.363. The average Bonchev–Trinajstić information content (AvgIpc) is 2.34. The Morgan fingerprint density at radius 1 is 1.19 bits per heavy atom. The van der Waals surface area contributed by atoms with Crippen molar-refractivity contribution < 1.29 is 4.74 Å². The second-order valence-electron chi connectivity index (χ2n) is 5.18. The minimum Gasteiger partial charge on any atom is -0.381 e. The maximum Gasteiger partial charge on any atom is 0.0480 e. The highest BCUT2D eigenvalue weighted by molar-refractivity contribution is 4.82. The Hall–Kier alpha value is -0.0800. The Labute approximate surface area is 101 Å². The summed E-state index contributed by atoms with van der Waals surface area (Å²) in [4.78, 5) is 0. The van der Waals surface area contributed by atoms with Gasteiger partial charge in [-0.15, -0.1) is 0 Å². The second-order valence-corrected chi connectivity index (χ2v) is 5.18. The van der Waals surface area contributed by atoms with Crippen molar-refractivity contribution in [2.24, 2.45) is 17.6 Å². The normalized spacial score (nSPS) is 27.9. The summed E-state index contributed by atoms with van der Waals surface area (Å²) >= 11 is 0. The van der Waals surface area contributed by atoms with Crippen LogP contribution in [-0.4, -0.2) is 19.3 Å². The van der Waals surface area contributed by atoms with Crippen LogP contribution in [0.1, 0.15) is 58.8 Å². The molecular weight excluding hydrogens is 198 g/mol. The molecule has 0 heterocycles. The molecule has 0 saturated heterocycles. The van der Waals surface area contributed by atoms with Crippen LogP contribution < -0.4 is 5.73 Å². The monoisotopic (exact) mass is 227 g/mol. The summed E-state index contributed by atoms with van der Waals surface area (Å²) in [6, 6.07) is 0.363. The van der Waals surface area contributed by atoms with Crippen LogP contribution >= 0.6 is 0 Å². The molecule has 1 saturated carbocycles. The van der Waals surface area contributed by atoms with E-state index in [0.717, 1.165) is 37.9 Å². The van der Waals surface area contributed by atoms with Crippen LogP contribution in [0.3, 0.4) is 0 Å². The smallest absolute Gasteiger partial charge is 0.0480 e. The maximum absolute atomic E-state index is 6.32. The van der Waals surface area contributed by atoms with E-state index in [2.05, 4.69) is 13.8 Å². The van der Waals surface area contributed by atoms with Crippen LogP contribution in [0.5, 0.6) is 0 Å². The van der Waals surface area contributed by atoms with Gasteiger partial charge in [0.15, 0.2) is 0 Å². The molecular formula is C14H29NO. The highest BCUT2D eigenvalue weighted by atomic mass is 16.5. The van der Waals surface area contributed by atoms with Crippen molar-refractivity contribution in [1.29, 1.82) is 0 Å². The molecule has 0 amide bonds. The van der Waals surface area contributed by atoms with E-state index in [0.29, 0.717) is 6.04 Å². The van der Waals surface area contributed by atoms with E-state index in [1.807, 2.05) is 0 Å². The Bertz CT molecular complexity index is 172. The Kier molecular flexibility index (Phi) is 7.06. The highest BCUT2D eigenvalue weighted by Gasteiger charge is 2.28. The minimum atomic E-state index is 0.363. The predicted octanol–water partition coefficient (Wildman–Crippen LogP) is 3.35. The lowest BCUT2D eigenvalue weighted by molar-refractivity contribution is 0.108. The van der Waals surface area contributed by atoms with Gasteiger partial charge < -0.3 is 10.5 Å². The van der Waals surface area contributed by atoms with Gasteiger partial charge in [0.25, 0.3) is 0 Å². The van der Waals surface area contributed by atoms with Gasteiger partial charge in [-0.2, -0.15) is 0 Å². The Balaban J connectivity index is 2.24. The van der Waals surface area contributed by atoms with E-state index in [9.17, 15) is 0 Å². The fourth-order valence-electron chi connectivity index (χ4n) is 2.99. The number of nitrogens with two attached hydrogens (primary N) is 1. The lowest BCUT2D eigenvalue weighted by atomic mass is 9.73. The van der Waals surface area contributed by atoms with E-state index < -0.39 is 0 Å². The molecule has 0 spiro atoms. The number of rotatable bonds is 7. The number of ether oxygens (including phenoxy) is 1. The maximum atomic E-state index is 6.32. The first-order chi connectivity index (χ1) is 7.79. The van der Waals surface area contributed by atoms with Crippen molar-refractivity contribution in [2.75, 3.05) is 13.2 Å². The van der Waals surface area contributed by atoms with Gasteiger partial charge in [0.1, 0.15) is 0 Å². The lowest BCUT2D eigenvalue weighted by Crippen LogP contribution is -2.37. The third-order valence-electron chi connectivity index (χ3n) is 3.99. The molecule has 0 bridgehead atoms. The van der Waals surface area contributed by atoms with Gasteiger partial charge in [-0.1, -0.05) is 39.5 Å². The fraction of sp³-hybridized carbons (Fsp3) is 1.00. The summed E-state index contributed by atoms with van der Waals surface area (Å²) in [5, 5.41) is 0. The average molecular weight is 227 g/mol. The van der Waals surface area contributed by atoms with Gasteiger partial charge >= 0.3 is 0 Å². The zero-order valence-electron chi connectivity index (χ0n) is 11.1. The molecule has 3 atom stereocenters. The molecule has 2 heteroatoms. The first-order valence-electron chi connectivity index (χ1n) is 7.12.